The van der Waals surface area contributed by atoms with Crippen LogP contribution >= 0.6 is 0 Å². The molecule has 1 unspecified atom stereocenters. The van der Waals surface area contributed by atoms with Gasteiger partial charge in [0.15, 0.2) is 0 Å². The summed E-state index contributed by atoms with van der Waals surface area (Å²) < 4.78 is 32.6. The van der Waals surface area contributed by atoms with Crippen LogP contribution in [0.4, 0.5) is 0 Å². The number of sulfonamides is 1. The van der Waals surface area contributed by atoms with Crippen LogP contribution in [0.2, 0.25) is 0 Å². The van der Waals surface area contributed by atoms with Crippen LogP contribution in [0, 0.1) is 5.92 Å². The average molecular weight is 445 g/mol. The maximum Gasteiger partial charge on any atom is 0.224 e. The SMILES string of the molecule is O=C(NCCOCc1ccccc1)C1CCCN(S(=O)(=O)CCCc2ccccc2)C1. The third kappa shape index (κ3) is 7.76. The van der Waals surface area contributed by atoms with Crippen molar-refractivity contribution in [2.75, 3.05) is 32.0 Å². The molecule has 1 aliphatic heterocycles. The minimum atomic E-state index is -3.35. The van der Waals surface area contributed by atoms with E-state index >= 15 is 0 Å². The van der Waals surface area contributed by atoms with Crippen molar-refractivity contribution in [2.45, 2.75) is 32.3 Å². The second kappa shape index (κ2) is 12.0. The third-order valence-electron chi connectivity index (χ3n) is 5.52. The number of ether oxygens (including phenoxy) is 1. The van der Waals surface area contributed by atoms with Crippen LogP contribution in [0.5, 0.6) is 0 Å². The molecule has 1 saturated heterocycles. The largest absolute Gasteiger partial charge is 0.375 e. The van der Waals surface area contributed by atoms with Crippen LogP contribution in [0.3, 0.4) is 0 Å². The molecule has 1 amide bonds. The van der Waals surface area contributed by atoms with E-state index in [0.29, 0.717) is 45.6 Å². The summed E-state index contributed by atoms with van der Waals surface area (Å²) in [4.78, 5) is 12.5. The lowest BCUT2D eigenvalue weighted by Crippen LogP contribution is -2.46. The Morgan fingerprint density at radius 3 is 2.42 bits per heavy atom. The van der Waals surface area contributed by atoms with Gasteiger partial charge in [0, 0.05) is 19.6 Å². The van der Waals surface area contributed by atoms with Crippen LogP contribution in [-0.2, 0) is 32.6 Å². The molecule has 0 aliphatic carbocycles. The summed E-state index contributed by atoms with van der Waals surface area (Å²) in [5, 5.41) is 2.89. The molecule has 0 spiro atoms. The molecule has 2 aromatic rings. The van der Waals surface area contributed by atoms with Crippen molar-refractivity contribution in [3.63, 3.8) is 0 Å². The standard InChI is InChI=1S/C24H32N2O4S/c27-24(25-15-17-30-20-22-11-5-2-6-12-22)23-14-7-16-26(19-23)31(28,29)18-8-13-21-9-3-1-4-10-21/h1-6,9-12,23H,7-8,13-20H2,(H,25,27). The van der Waals surface area contributed by atoms with Crippen molar-refractivity contribution >= 4 is 15.9 Å². The smallest absolute Gasteiger partial charge is 0.224 e. The van der Waals surface area contributed by atoms with Crippen LogP contribution in [0.15, 0.2) is 60.7 Å². The predicted octanol–water partition coefficient (Wildman–Crippen LogP) is 2.99. The quantitative estimate of drug-likeness (QED) is 0.541. The predicted molar refractivity (Wildman–Crippen MR) is 122 cm³/mol. The fourth-order valence-corrected chi connectivity index (χ4v) is 5.38. The zero-order valence-corrected chi connectivity index (χ0v) is 18.7. The number of carbonyl (C=O) groups excluding carboxylic acids is 1. The average Bonchev–Trinajstić information content (AvgIpc) is 2.80. The van der Waals surface area contributed by atoms with Gasteiger partial charge in [0.2, 0.25) is 15.9 Å². The van der Waals surface area contributed by atoms with E-state index < -0.39 is 10.0 Å². The number of carbonyl (C=O) groups is 1. The van der Waals surface area contributed by atoms with Gasteiger partial charge >= 0.3 is 0 Å². The second-order valence-corrected chi connectivity index (χ2v) is 10.0. The summed E-state index contributed by atoms with van der Waals surface area (Å²) in [6, 6.07) is 19.8. The van der Waals surface area contributed by atoms with Crippen molar-refractivity contribution in [2.24, 2.45) is 5.92 Å². The summed E-state index contributed by atoms with van der Waals surface area (Å²) in [5.41, 5.74) is 2.23. The van der Waals surface area contributed by atoms with Gasteiger partial charge in [0.25, 0.3) is 0 Å². The van der Waals surface area contributed by atoms with Crippen LogP contribution in [0.1, 0.15) is 30.4 Å². The van der Waals surface area contributed by atoms with Gasteiger partial charge in [-0.2, -0.15) is 0 Å². The molecule has 0 radical (unpaired) electrons. The second-order valence-electron chi connectivity index (χ2n) is 7.93. The molecule has 6 nitrogen and oxygen atoms in total. The van der Waals surface area contributed by atoms with E-state index in [0.717, 1.165) is 17.5 Å². The Bertz CT molecular complexity index is 904. The molecule has 1 heterocycles. The minimum Gasteiger partial charge on any atom is -0.375 e. The maximum absolute atomic E-state index is 12.8. The Morgan fingerprint density at radius 2 is 1.71 bits per heavy atom. The Kier molecular flexibility index (Phi) is 9.06. The number of nitrogens with zero attached hydrogens (tertiary/aromatic N) is 1. The van der Waals surface area contributed by atoms with Gasteiger partial charge in [-0.05, 0) is 36.8 Å². The summed E-state index contributed by atoms with van der Waals surface area (Å²) in [7, 11) is -3.35. The van der Waals surface area contributed by atoms with Gasteiger partial charge in [0.05, 0.1) is 24.9 Å². The molecule has 31 heavy (non-hydrogen) atoms. The summed E-state index contributed by atoms with van der Waals surface area (Å²) in [5.74, 6) is -0.275. The van der Waals surface area contributed by atoms with E-state index in [1.54, 1.807) is 0 Å². The molecule has 3 rings (SSSR count). The number of rotatable bonds is 11. The zero-order chi connectivity index (χ0) is 21.9. The first-order valence-electron chi connectivity index (χ1n) is 11.0. The Morgan fingerprint density at radius 1 is 1.03 bits per heavy atom. The van der Waals surface area contributed by atoms with Gasteiger partial charge in [0.1, 0.15) is 0 Å². The molecule has 168 valence electrons. The highest BCUT2D eigenvalue weighted by Crippen LogP contribution is 2.20. The van der Waals surface area contributed by atoms with E-state index in [9.17, 15) is 13.2 Å². The zero-order valence-electron chi connectivity index (χ0n) is 17.9. The monoisotopic (exact) mass is 444 g/mol. The fourth-order valence-electron chi connectivity index (χ4n) is 3.80. The van der Waals surface area contributed by atoms with E-state index in [2.05, 4.69) is 5.32 Å². The van der Waals surface area contributed by atoms with E-state index in [1.807, 2.05) is 60.7 Å². The highest BCUT2D eigenvalue weighted by molar-refractivity contribution is 7.89. The van der Waals surface area contributed by atoms with Gasteiger partial charge in [-0.3, -0.25) is 4.79 Å². The number of benzene rings is 2. The van der Waals surface area contributed by atoms with Crippen molar-refractivity contribution in [3.8, 4) is 0 Å². The Labute approximate surface area is 185 Å². The molecule has 0 aromatic heterocycles. The fraction of sp³-hybridized carbons (Fsp3) is 0.458. The van der Waals surface area contributed by atoms with Crippen LogP contribution < -0.4 is 5.32 Å². The first-order valence-corrected chi connectivity index (χ1v) is 12.6. The van der Waals surface area contributed by atoms with Gasteiger partial charge in [-0.25, -0.2) is 12.7 Å². The van der Waals surface area contributed by atoms with Crippen molar-refractivity contribution in [1.82, 2.24) is 9.62 Å². The van der Waals surface area contributed by atoms with E-state index in [-0.39, 0.29) is 24.1 Å². The lowest BCUT2D eigenvalue weighted by atomic mass is 9.99. The van der Waals surface area contributed by atoms with Gasteiger partial charge < -0.3 is 10.1 Å². The van der Waals surface area contributed by atoms with Crippen LogP contribution in [-0.4, -0.2) is 50.6 Å². The lowest BCUT2D eigenvalue weighted by Gasteiger charge is -2.31. The van der Waals surface area contributed by atoms with Crippen LogP contribution in [0.25, 0.3) is 0 Å². The third-order valence-corrected chi connectivity index (χ3v) is 7.44. The summed E-state index contributed by atoms with van der Waals surface area (Å²) in [6.45, 7) is 2.12. The normalized spacial score (nSPS) is 17.4. The lowest BCUT2D eigenvalue weighted by molar-refractivity contribution is -0.126. The number of amides is 1. The summed E-state index contributed by atoms with van der Waals surface area (Å²) in [6.07, 6.45) is 2.74. The number of hydrogen-bond acceptors (Lipinski definition) is 4. The van der Waals surface area contributed by atoms with Crippen molar-refractivity contribution < 1.29 is 17.9 Å². The summed E-state index contributed by atoms with van der Waals surface area (Å²) >= 11 is 0. The minimum absolute atomic E-state index is 0.0903. The molecule has 1 aliphatic rings. The highest BCUT2D eigenvalue weighted by Gasteiger charge is 2.31. The van der Waals surface area contributed by atoms with Gasteiger partial charge in [-0.15, -0.1) is 0 Å². The maximum atomic E-state index is 12.8. The molecule has 7 heteroatoms. The molecule has 1 N–H and O–H groups in total. The molecule has 1 fully saturated rings. The van der Waals surface area contributed by atoms with E-state index in [4.69, 9.17) is 4.74 Å². The Hall–Kier alpha value is -2.22. The first-order chi connectivity index (χ1) is 15.0. The molecule has 0 saturated carbocycles. The molecular formula is C24H32N2O4S. The van der Waals surface area contributed by atoms with E-state index in [1.165, 1.54) is 4.31 Å². The molecule has 0 bridgehead atoms. The Balaban J connectivity index is 1.37. The molecule has 1 atom stereocenters. The number of hydrogen-bond donors (Lipinski definition) is 1. The number of aryl methyl sites for hydroxylation is 1. The highest BCUT2D eigenvalue weighted by atomic mass is 32.2. The molecule has 2 aromatic carbocycles. The van der Waals surface area contributed by atoms with Crippen molar-refractivity contribution in [3.05, 3.63) is 71.8 Å². The number of nitrogens with one attached hydrogen (secondary N) is 1. The topological polar surface area (TPSA) is 75.7 Å². The first kappa shape index (κ1) is 23.4. The van der Waals surface area contributed by atoms with Gasteiger partial charge in [-0.1, -0.05) is 60.7 Å². The van der Waals surface area contributed by atoms with Crippen molar-refractivity contribution in [1.29, 1.82) is 0 Å². The number of piperidine rings is 1. The molecular weight excluding hydrogens is 412 g/mol.